The van der Waals surface area contributed by atoms with Crippen LogP contribution in [0.3, 0.4) is 0 Å². The van der Waals surface area contributed by atoms with Crippen molar-refractivity contribution in [1.29, 1.82) is 0 Å². The Bertz CT molecular complexity index is 1670. The van der Waals surface area contributed by atoms with Gasteiger partial charge in [0.05, 0.1) is 33.6 Å². The fraction of sp³-hybridized carbons (Fsp3) is 0.333. The van der Waals surface area contributed by atoms with E-state index in [-0.39, 0.29) is 38.5 Å². The summed E-state index contributed by atoms with van der Waals surface area (Å²) >= 11 is 7.49. The standard InChI is InChI=1S/C33H35ClF2N4O2S/c1-19(39(3)4)27-17-21(14-15-38-27)20-6-13-28(42-5)22(16-20)18-40(24-9-7-23(37-2)8-10-24)33(41)32-30(34)29-25(35)11-12-26(36)31(29)43-32/h6,11-17,23-24,37H,1,7-10,18H2,2-5H3/t23-,24-. The van der Waals surface area contributed by atoms with Crippen molar-refractivity contribution in [2.75, 3.05) is 28.3 Å². The van der Waals surface area contributed by atoms with Crippen LogP contribution < -0.4 is 10.1 Å². The molecule has 2 aromatic heterocycles. The fourth-order valence-corrected chi connectivity index (χ4v) is 7.18. The van der Waals surface area contributed by atoms with E-state index < -0.39 is 11.6 Å². The monoisotopic (exact) mass is 624 g/mol. The molecule has 0 aliphatic heterocycles. The summed E-state index contributed by atoms with van der Waals surface area (Å²) in [7, 11) is 7.39. The van der Waals surface area contributed by atoms with Gasteiger partial charge < -0.3 is 19.9 Å². The highest BCUT2D eigenvalue weighted by Crippen LogP contribution is 2.40. The molecule has 6 nitrogen and oxygen atoms in total. The minimum Gasteiger partial charge on any atom is -0.496 e. The van der Waals surface area contributed by atoms with Crippen molar-refractivity contribution in [3.05, 3.63) is 88.0 Å². The molecule has 1 aliphatic rings. The molecular formula is C33H35ClF2N4O2S. The topological polar surface area (TPSA) is 57.7 Å². The van der Waals surface area contributed by atoms with Crippen molar-refractivity contribution in [2.45, 2.75) is 44.3 Å². The van der Waals surface area contributed by atoms with E-state index in [0.717, 1.165) is 77.2 Å². The predicted octanol–water partition coefficient (Wildman–Crippen LogP) is 7.61. The number of methoxy groups -OCH3 is 1. The summed E-state index contributed by atoms with van der Waals surface area (Å²) in [6.45, 7) is 4.37. The van der Waals surface area contributed by atoms with E-state index >= 15 is 0 Å². The maximum atomic E-state index is 14.7. The number of hydrogen-bond donors (Lipinski definition) is 1. The van der Waals surface area contributed by atoms with Gasteiger partial charge in [0.15, 0.2) is 0 Å². The molecule has 0 bridgehead atoms. The Balaban J connectivity index is 1.55. The second-order valence-corrected chi connectivity index (χ2v) is 12.4. The third-order valence-electron chi connectivity index (χ3n) is 8.23. The Morgan fingerprint density at radius 2 is 1.79 bits per heavy atom. The summed E-state index contributed by atoms with van der Waals surface area (Å²) in [6, 6.07) is 12.2. The summed E-state index contributed by atoms with van der Waals surface area (Å²) in [6.07, 6.45) is 5.12. The summed E-state index contributed by atoms with van der Waals surface area (Å²) in [5.41, 5.74) is 4.24. The maximum Gasteiger partial charge on any atom is 0.266 e. The van der Waals surface area contributed by atoms with Crippen LogP contribution in [0.4, 0.5) is 8.78 Å². The number of ether oxygens (including phenoxy) is 1. The molecule has 0 unspecified atom stereocenters. The number of amides is 1. The number of pyridine rings is 1. The maximum absolute atomic E-state index is 14.7. The Morgan fingerprint density at radius 3 is 2.44 bits per heavy atom. The second-order valence-electron chi connectivity index (χ2n) is 11.0. The van der Waals surface area contributed by atoms with E-state index in [2.05, 4.69) is 16.9 Å². The van der Waals surface area contributed by atoms with E-state index in [1.165, 1.54) is 0 Å². The highest BCUT2D eigenvalue weighted by atomic mass is 35.5. The van der Waals surface area contributed by atoms with Gasteiger partial charge in [0.1, 0.15) is 22.3 Å². The van der Waals surface area contributed by atoms with Crippen LogP contribution in [0.5, 0.6) is 5.75 Å². The first-order valence-electron chi connectivity index (χ1n) is 14.2. The van der Waals surface area contributed by atoms with E-state index in [9.17, 15) is 13.6 Å². The lowest BCUT2D eigenvalue weighted by molar-refractivity contribution is 0.0604. The number of hydrogen-bond acceptors (Lipinski definition) is 6. The molecule has 10 heteroatoms. The van der Waals surface area contributed by atoms with Crippen molar-refractivity contribution in [3.8, 4) is 16.9 Å². The number of nitrogens with zero attached hydrogens (tertiary/aromatic N) is 3. The average Bonchev–Trinajstić information content (AvgIpc) is 3.39. The Hall–Kier alpha value is -3.53. The van der Waals surface area contributed by atoms with Gasteiger partial charge in [-0.1, -0.05) is 24.2 Å². The van der Waals surface area contributed by atoms with Crippen LogP contribution in [0.1, 0.15) is 46.6 Å². The molecular weight excluding hydrogens is 590 g/mol. The van der Waals surface area contributed by atoms with Crippen LogP contribution in [0.25, 0.3) is 26.9 Å². The largest absolute Gasteiger partial charge is 0.496 e. The molecule has 226 valence electrons. The van der Waals surface area contributed by atoms with Crippen LogP contribution in [0.15, 0.2) is 55.2 Å². The van der Waals surface area contributed by atoms with E-state index in [1.54, 1.807) is 18.2 Å². The van der Waals surface area contributed by atoms with Gasteiger partial charge in [0.25, 0.3) is 5.91 Å². The lowest BCUT2D eigenvalue weighted by atomic mass is 9.89. The molecule has 1 N–H and O–H groups in total. The van der Waals surface area contributed by atoms with Crippen LogP contribution >= 0.6 is 22.9 Å². The number of rotatable bonds is 9. The number of carbonyl (C=O) groups excluding carboxylic acids is 1. The van der Waals surface area contributed by atoms with Crippen LogP contribution in [-0.4, -0.2) is 61.0 Å². The lowest BCUT2D eigenvalue weighted by Gasteiger charge is -2.37. The van der Waals surface area contributed by atoms with Gasteiger partial charge in [-0.2, -0.15) is 0 Å². The van der Waals surface area contributed by atoms with Gasteiger partial charge >= 0.3 is 0 Å². The molecule has 1 saturated carbocycles. The zero-order chi connectivity index (χ0) is 30.8. The molecule has 5 rings (SSSR count). The number of nitrogens with one attached hydrogen (secondary N) is 1. The van der Waals surface area contributed by atoms with Crippen LogP contribution in [0, 0.1) is 11.6 Å². The molecule has 1 fully saturated rings. The summed E-state index contributed by atoms with van der Waals surface area (Å²) in [5, 5.41) is 3.23. The van der Waals surface area contributed by atoms with Crippen LogP contribution in [0.2, 0.25) is 5.02 Å². The van der Waals surface area contributed by atoms with Crippen molar-refractivity contribution < 1.29 is 18.3 Å². The summed E-state index contributed by atoms with van der Waals surface area (Å²) in [5.74, 6) is -0.969. The lowest BCUT2D eigenvalue weighted by Crippen LogP contribution is -2.44. The quantitative estimate of drug-likeness (QED) is 0.208. The first kappa shape index (κ1) is 30.9. The molecule has 0 atom stereocenters. The SMILES string of the molecule is C=C(c1cc(-c2ccc(OC)c(CN(C(=O)c3sc4c(F)ccc(F)c4c3Cl)[C@H]3CC[C@H](NC)CC3)c2)ccn1)N(C)C. The highest BCUT2D eigenvalue weighted by Gasteiger charge is 2.33. The number of aromatic nitrogens is 1. The van der Waals surface area contributed by atoms with Crippen molar-refractivity contribution >= 4 is 44.6 Å². The van der Waals surface area contributed by atoms with Gasteiger partial charge in [-0.15, -0.1) is 11.3 Å². The molecule has 43 heavy (non-hydrogen) atoms. The number of fused-ring (bicyclic) bond motifs is 1. The van der Waals surface area contributed by atoms with E-state index in [1.807, 2.05) is 56.4 Å². The summed E-state index contributed by atoms with van der Waals surface area (Å²) < 4.78 is 35.1. The number of thiophene rings is 1. The van der Waals surface area contributed by atoms with Gasteiger partial charge in [0.2, 0.25) is 0 Å². The van der Waals surface area contributed by atoms with Gasteiger partial charge in [-0.25, -0.2) is 8.78 Å². The predicted molar refractivity (Wildman–Crippen MR) is 171 cm³/mol. The van der Waals surface area contributed by atoms with Crippen LogP contribution in [-0.2, 0) is 6.54 Å². The average molecular weight is 625 g/mol. The first-order valence-corrected chi connectivity index (χ1v) is 15.4. The Morgan fingerprint density at radius 1 is 1.09 bits per heavy atom. The first-order chi connectivity index (χ1) is 20.6. The zero-order valence-corrected chi connectivity index (χ0v) is 26.3. The number of benzene rings is 2. The molecule has 0 saturated heterocycles. The number of halogens is 3. The number of carbonyl (C=O) groups is 1. The van der Waals surface area contributed by atoms with Gasteiger partial charge in [-0.3, -0.25) is 9.78 Å². The van der Waals surface area contributed by atoms with Crippen molar-refractivity contribution in [2.24, 2.45) is 0 Å². The third-order valence-corrected chi connectivity index (χ3v) is 9.91. The minimum absolute atomic E-state index is 0.0413. The van der Waals surface area contributed by atoms with Crippen molar-refractivity contribution in [1.82, 2.24) is 20.1 Å². The second kappa shape index (κ2) is 13.0. The Kier molecular flexibility index (Phi) is 9.34. The molecule has 2 heterocycles. The summed E-state index contributed by atoms with van der Waals surface area (Å²) in [4.78, 5) is 22.6. The zero-order valence-electron chi connectivity index (χ0n) is 24.7. The smallest absolute Gasteiger partial charge is 0.266 e. The highest BCUT2D eigenvalue weighted by molar-refractivity contribution is 7.21. The molecule has 4 aromatic rings. The van der Waals surface area contributed by atoms with Gasteiger partial charge in [-0.05, 0) is 80.3 Å². The molecule has 0 spiro atoms. The van der Waals surface area contributed by atoms with E-state index in [0.29, 0.717) is 11.8 Å². The normalized spacial score (nSPS) is 16.7. The van der Waals surface area contributed by atoms with Crippen molar-refractivity contribution in [3.63, 3.8) is 0 Å². The molecule has 1 aliphatic carbocycles. The van der Waals surface area contributed by atoms with E-state index in [4.69, 9.17) is 16.3 Å². The third kappa shape index (κ3) is 6.25. The molecule has 2 aromatic carbocycles. The molecule has 1 amide bonds. The minimum atomic E-state index is -0.652. The molecule has 0 radical (unpaired) electrons. The van der Waals surface area contributed by atoms with Gasteiger partial charge in [0, 0.05) is 44.5 Å². The fourth-order valence-electron chi connectivity index (χ4n) is 5.67. The Labute approximate surface area is 259 Å².